The molecular weight excluding hydrogens is 274 g/mol. The molecule has 1 fully saturated rings. The number of rotatable bonds is 3. The summed E-state index contributed by atoms with van der Waals surface area (Å²) in [4.78, 5) is 0. The molecule has 2 N–H and O–H groups in total. The molecular formula is C14H18ClN5. The van der Waals surface area contributed by atoms with Crippen LogP contribution in [0.3, 0.4) is 0 Å². The van der Waals surface area contributed by atoms with Gasteiger partial charge < -0.3 is 5.73 Å². The summed E-state index contributed by atoms with van der Waals surface area (Å²) in [6.45, 7) is 3.13. The molecule has 2 aromatic rings. The molecule has 0 aliphatic heterocycles. The van der Waals surface area contributed by atoms with E-state index >= 15 is 0 Å². The van der Waals surface area contributed by atoms with Gasteiger partial charge in [0.15, 0.2) is 5.82 Å². The maximum Gasteiger partial charge on any atom is 0.184 e. The molecule has 106 valence electrons. The summed E-state index contributed by atoms with van der Waals surface area (Å²) in [6.07, 6.45) is 5.03. The molecule has 0 saturated heterocycles. The van der Waals surface area contributed by atoms with Crippen molar-refractivity contribution in [1.82, 2.24) is 20.2 Å². The van der Waals surface area contributed by atoms with Crippen LogP contribution in [0.1, 0.15) is 32.6 Å². The van der Waals surface area contributed by atoms with E-state index in [2.05, 4.69) is 22.4 Å². The quantitative estimate of drug-likeness (QED) is 0.882. The average Bonchev–Trinajstić information content (AvgIpc) is 3.00. The lowest BCUT2D eigenvalue weighted by Crippen LogP contribution is -2.21. The summed E-state index contributed by atoms with van der Waals surface area (Å²) in [7, 11) is 0. The van der Waals surface area contributed by atoms with Crippen molar-refractivity contribution in [2.75, 3.05) is 5.73 Å². The fourth-order valence-electron chi connectivity index (χ4n) is 2.99. The van der Waals surface area contributed by atoms with Crippen LogP contribution in [-0.2, 0) is 6.54 Å². The lowest BCUT2D eigenvalue weighted by Gasteiger charge is -2.23. The third-order valence-electron chi connectivity index (χ3n) is 4.13. The van der Waals surface area contributed by atoms with Crippen LogP contribution in [0.15, 0.2) is 18.2 Å². The standard InChI is InChI=1S/C14H18ClN5/c1-14(6-2-3-7-14)9-20-13(17-18-19-20)11-5-4-10(15)8-12(11)16/h4-5,8H,2-3,6-7,9,16H2,1H3. The van der Waals surface area contributed by atoms with Crippen LogP contribution < -0.4 is 5.73 Å². The lowest BCUT2D eigenvalue weighted by atomic mass is 9.89. The number of hydrogen-bond acceptors (Lipinski definition) is 4. The Morgan fingerprint density at radius 2 is 2.10 bits per heavy atom. The minimum Gasteiger partial charge on any atom is -0.398 e. The zero-order valence-electron chi connectivity index (χ0n) is 11.5. The van der Waals surface area contributed by atoms with E-state index in [-0.39, 0.29) is 5.41 Å². The van der Waals surface area contributed by atoms with Crippen LogP contribution >= 0.6 is 11.6 Å². The Balaban J connectivity index is 1.93. The van der Waals surface area contributed by atoms with Gasteiger partial charge in [0.05, 0.1) is 6.54 Å². The highest BCUT2D eigenvalue weighted by molar-refractivity contribution is 6.31. The number of hydrogen-bond donors (Lipinski definition) is 1. The first-order valence-corrected chi connectivity index (χ1v) is 7.27. The van der Waals surface area contributed by atoms with E-state index in [0.717, 1.165) is 12.1 Å². The van der Waals surface area contributed by atoms with Gasteiger partial charge >= 0.3 is 0 Å². The van der Waals surface area contributed by atoms with Crippen LogP contribution in [-0.4, -0.2) is 20.2 Å². The number of nitrogens with two attached hydrogens (primary N) is 1. The first kappa shape index (κ1) is 13.4. The molecule has 5 nitrogen and oxygen atoms in total. The molecule has 1 saturated carbocycles. The highest BCUT2D eigenvalue weighted by Crippen LogP contribution is 2.39. The van der Waals surface area contributed by atoms with Crippen molar-refractivity contribution in [1.29, 1.82) is 0 Å². The second-order valence-corrected chi connectivity index (χ2v) is 6.35. The Labute approximate surface area is 123 Å². The fourth-order valence-corrected chi connectivity index (χ4v) is 3.17. The van der Waals surface area contributed by atoms with Gasteiger partial charge in [0.1, 0.15) is 0 Å². The van der Waals surface area contributed by atoms with Crippen LogP contribution in [0.5, 0.6) is 0 Å². The second-order valence-electron chi connectivity index (χ2n) is 5.91. The molecule has 1 aromatic carbocycles. The molecule has 1 aromatic heterocycles. The van der Waals surface area contributed by atoms with Gasteiger partial charge in [-0.05, 0) is 46.9 Å². The summed E-state index contributed by atoms with van der Waals surface area (Å²) in [5.41, 5.74) is 7.75. The Morgan fingerprint density at radius 1 is 1.35 bits per heavy atom. The number of tetrazole rings is 1. The normalized spacial score (nSPS) is 17.5. The Kier molecular flexibility index (Phi) is 3.38. The topological polar surface area (TPSA) is 69.6 Å². The molecule has 1 heterocycles. The maximum atomic E-state index is 6.03. The largest absolute Gasteiger partial charge is 0.398 e. The van der Waals surface area contributed by atoms with Gasteiger partial charge in [0.25, 0.3) is 0 Å². The van der Waals surface area contributed by atoms with E-state index in [4.69, 9.17) is 17.3 Å². The van der Waals surface area contributed by atoms with Gasteiger partial charge in [0.2, 0.25) is 0 Å². The minimum atomic E-state index is 0.283. The summed E-state index contributed by atoms with van der Waals surface area (Å²) < 4.78 is 1.87. The first-order valence-electron chi connectivity index (χ1n) is 6.89. The lowest BCUT2D eigenvalue weighted by molar-refractivity contribution is 0.267. The average molecular weight is 292 g/mol. The van der Waals surface area contributed by atoms with Crippen molar-refractivity contribution >= 4 is 17.3 Å². The number of nitrogen functional groups attached to an aromatic ring is 1. The van der Waals surface area contributed by atoms with E-state index in [9.17, 15) is 0 Å². The van der Waals surface area contributed by atoms with Crippen molar-refractivity contribution in [3.05, 3.63) is 23.2 Å². The van der Waals surface area contributed by atoms with Gasteiger partial charge in [-0.3, -0.25) is 0 Å². The molecule has 0 bridgehead atoms. The fraction of sp³-hybridized carbons (Fsp3) is 0.500. The van der Waals surface area contributed by atoms with E-state index in [1.54, 1.807) is 6.07 Å². The zero-order valence-corrected chi connectivity index (χ0v) is 12.3. The molecule has 0 spiro atoms. The predicted molar refractivity (Wildman–Crippen MR) is 79.3 cm³/mol. The van der Waals surface area contributed by atoms with Gasteiger partial charge in [-0.25, -0.2) is 4.68 Å². The minimum absolute atomic E-state index is 0.283. The third kappa shape index (κ3) is 2.50. The maximum absolute atomic E-state index is 6.03. The monoisotopic (exact) mass is 291 g/mol. The number of anilines is 1. The second kappa shape index (κ2) is 5.05. The third-order valence-corrected chi connectivity index (χ3v) is 4.36. The van der Waals surface area contributed by atoms with Crippen LogP contribution in [0.4, 0.5) is 5.69 Å². The SMILES string of the molecule is CC1(Cn2nnnc2-c2ccc(Cl)cc2N)CCCC1. The number of benzene rings is 1. The number of nitrogens with zero attached hydrogens (tertiary/aromatic N) is 4. The summed E-state index contributed by atoms with van der Waals surface area (Å²) >= 11 is 5.94. The number of aromatic nitrogens is 4. The van der Waals surface area contributed by atoms with E-state index in [1.807, 2.05) is 16.8 Å². The summed E-state index contributed by atoms with van der Waals surface area (Å²) in [6, 6.07) is 5.41. The number of halogens is 1. The van der Waals surface area contributed by atoms with Crippen molar-refractivity contribution in [2.24, 2.45) is 5.41 Å². The van der Waals surface area contributed by atoms with Gasteiger partial charge in [-0.2, -0.15) is 0 Å². The molecule has 6 heteroatoms. The van der Waals surface area contributed by atoms with Gasteiger partial charge in [0, 0.05) is 16.3 Å². The van der Waals surface area contributed by atoms with Crippen molar-refractivity contribution in [2.45, 2.75) is 39.2 Å². The molecule has 1 aliphatic carbocycles. The Bertz CT molecular complexity index is 616. The molecule has 3 rings (SSSR count). The molecule has 0 amide bonds. The molecule has 1 aliphatic rings. The highest BCUT2D eigenvalue weighted by Gasteiger charge is 2.30. The van der Waals surface area contributed by atoms with Crippen LogP contribution in [0.2, 0.25) is 5.02 Å². The first-order chi connectivity index (χ1) is 9.57. The smallest absolute Gasteiger partial charge is 0.184 e. The summed E-state index contributed by atoms with van der Waals surface area (Å²) in [5.74, 6) is 0.715. The highest BCUT2D eigenvalue weighted by atomic mass is 35.5. The van der Waals surface area contributed by atoms with Gasteiger partial charge in [-0.15, -0.1) is 5.10 Å². The Hall–Kier alpha value is -1.62. The van der Waals surface area contributed by atoms with Crippen molar-refractivity contribution in [3.63, 3.8) is 0 Å². The molecule has 0 radical (unpaired) electrons. The van der Waals surface area contributed by atoms with E-state index in [0.29, 0.717) is 16.5 Å². The van der Waals surface area contributed by atoms with Crippen molar-refractivity contribution < 1.29 is 0 Å². The van der Waals surface area contributed by atoms with Crippen LogP contribution in [0, 0.1) is 5.41 Å². The van der Waals surface area contributed by atoms with Crippen molar-refractivity contribution in [3.8, 4) is 11.4 Å². The Morgan fingerprint density at radius 3 is 2.80 bits per heavy atom. The van der Waals surface area contributed by atoms with E-state index in [1.165, 1.54) is 25.7 Å². The molecule has 0 unspecified atom stereocenters. The van der Waals surface area contributed by atoms with E-state index < -0.39 is 0 Å². The van der Waals surface area contributed by atoms with Gasteiger partial charge in [-0.1, -0.05) is 31.4 Å². The van der Waals surface area contributed by atoms with Crippen LogP contribution in [0.25, 0.3) is 11.4 Å². The molecule has 0 atom stereocenters. The zero-order chi connectivity index (χ0) is 14.2. The summed E-state index contributed by atoms with van der Waals surface area (Å²) in [5, 5.41) is 12.7. The molecule has 20 heavy (non-hydrogen) atoms. The predicted octanol–water partition coefficient (Wildman–Crippen LogP) is 3.16.